The van der Waals surface area contributed by atoms with Crippen LogP contribution in [0, 0.1) is 35.4 Å². The zero-order valence-electron chi connectivity index (χ0n) is 23.2. The molecule has 1 N–H and O–H groups in total. The number of ether oxygens (including phenoxy) is 1. The molecule has 2 bridgehead atoms. The molecular weight excluding hydrogens is 590 g/mol. The number of rotatable bonds is 5. The Morgan fingerprint density at radius 1 is 0.977 bits per heavy atom. The summed E-state index contributed by atoms with van der Waals surface area (Å²) < 4.78 is 19.6. The normalized spacial score (nSPS) is 30.8. The number of fused-ring (bicyclic) bond motifs is 9. The van der Waals surface area contributed by atoms with Crippen LogP contribution in [0.15, 0.2) is 58.4 Å². The average molecular weight is 620 g/mol. The zero-order valence-corrected chi connectivity index (χ0v) is 24.9. The van der Waals surface area contributed by atoms with Crippen LogP contribution in [0.5, 0.6) is 5.75 Å². The molecule has 8 rings (SSSR count). The van der Waals surface area contributed by atoms with Gasteiger partial charge in [0.1, 0.15) is 11.6 Å². The second kappa shape index (κ2) is 10.3. The number of aromatic nitrogens is 1. The van der Waals surface area contributed by atoms with Gasteiger partial charge in [-0.2, -0.15) is 0 Å². The molecule has 3 aliphatic heterocycles. The Labute approximate surface area is 255 Å². The highest BCUT2D eigenvalue weighted by Crippen LogP contribution is 2.68. The molecule has 4 fully saturated rings. The number of aromatic amines is 1. The van der Waals surface area contributed by atoms with E-state index in [9.17, 15) is 23.6 Å². The van der Waals surface area contributed by atoms with E-state index in [4.69, 9.17) is 4.74 Å². The Morgan fingerprint density at radius 2 is 1.72 bits per heavy atom. The Kier molecular flexibility index (Phi) is 6.52. The molecule has 2 aromatic carbocycles. The van der Waals surface area contributed by atoms with Crippen molar-refractivity contribution >= 4 is 46.5 Å². The number of likely N-dealkylation sites (tertiary alicyclic amines) is 1. The number of nitrogens with zero attached hydrogens (tertiary/aromatic N) is 2. The molecule has 2 saturated carbocycles. The molecule has 8 nitrogen and oxygen atoms in total. The number of halogens is 1. The van der Waals surface area contributed by atoms with Gasteiger partial charge in [0, 0.05) is 29.1 Å². The van der Waals surface area contributed by atoms with Crippen molar-refractivity contribution in [2.45, 2.75) is 41.9 Å². The van der Waals surface area contributed by atoms with E-state index in [1.165, 1.54) is 40.5 Å². The van der Waals surface area contributed by atoms with Crippen LogP contribution in [0.4, 0.5) is 10.1 Å². The molecule has 3 amide bonds. The summed E-state index contributed by atoms with van der Waals surface area (Å²) in [6.45, 7) is 1.51. The Morgan fingerprint density at radius 3 is 2.49 bits per heavy atom. The highest BCUT2D eigenvalue weighted by molar-refractivity contribution is 8.00. The lowest BCUT2D eigenvalue weighted by molar-refractivity contribution is -0.134. The number of thioether (sulfide) groups is 1. The summed E-state index contributed by atoms with van der Waals surface area (Å²) in [4.78, 5) is 59.9. The van der Waals surface area contributed by atoms with Crippen LogP contribution in [0.1, 0.15) is 42.0 Å². The summed E-state index contributed by atoms with van der Waals surface area (Å²) in [5.74, 6) is -1.25. The SMILES string of the molecule is O=C(COc1cccc([C@H]2c3sc(=O)[nH]c3SC3C4CC(C5C(=O)N(c6ccc(F)cc6)C(=O)C45)C32)c1)N1CCCCC1. The number of amides is 3. The Bertz CT molecular complexity index is 1680. The number of hydrogen-bond donors (Lipinski definition) is 1. The van der Waals surface area contributed by atoms with Crippen molar-refractivity contribution in [3.63, 3.8) is 0 Å². The number of hydrogen-bond acceptors (Lipinski definition) is 7. The van der Waals surface area contributed by atoms with E-state index < -0.39 is 17.7 Å². The number of imide groups is 1. The number of anilines is 1. The van der Waals surface area contributed by atoms with Crippen LogP contribution < -0.4 is 14.5 Å². The number of carbonyl (C=O) groups is 3. The van der Waals surface area contributed by atoms with Crippen molar-refractivity contribution in [2.75, 3.05) is 24.6 Å². The third-order valence-corrected chi connectivity index (χ3v) is 12.7. The summed E-state index contributed by atoms with van der Waals surface area (Å²) in [6, 6.07) is 13.3. The van der Waals surface area contributed by atoms with Gasteiger partial charge < -0.3 is 14.6 Å². The van der Waals surface area contributed by atoms with E-state index in [0.29, 0.717) is 11.4 Å². The molecule has 0 radical (unpaired) electrons. The Hall–Kier alpha value is -3.44. The number of nitrogens with one attached hydrogen (secondary N) is 1. The number of thiazole rings is 1. The maximum absolute atomic E-state index is 13.9. The van der Waals surface area contributed by atoms with E-state index in [1.54, 1.807) is 11.8 Å². The highest BCUT2D eigenvalue weighted by atomic mass is 32.2. The van der Waals surface area contributed by atoms with Crippen LogP contribution >= 0.6 is 23.1 Å². The molecule has 2 saturated heterocycles. The van der Waals surface area contributed by atoms with Gasteiger partial charge >= 0.3 is 4.87 Å². The van der Waals surface area contributed by atoms with E-state index in [0.717, 1.165) is 54.2 Å². The molecule has 1 aromatic heterocycles. The predicted molar refractivity (Wildman–Crippen MR) is 160 cm³/mol. The lowest BCUT2D eigenvalue weighted by atomic mass is 9.68. The minimum atomic E-state index is -0.439. The largest absolute Gasteiger partial charge is 0.484 e. The summed E-state index contributed by atoms with van der Waals surface area (Å²) in [5, 5.41) is 0.897. The topological polar surface area (TPSA) is 99.8 Å². The van der Waals surface area contributed by atoms with Gasteiger partial charge in [-0.05, 0) is 85.4 Å². The van der Waals surface area contributed by atoms with E-state index >= 15 is 0 Å². The van der Waals surface area contributed by atoms with Crippen LogP contribution in [0.3, 0.4) is 0 Å². The second-order valence-corrected chi connectivity index (χ2v) is 14.5. The van der Waals surface area contributed by atoms with Gasteiger partial charge in [0.25, 0.3) is 5.91 Å². The first-order chi connectivity index (χ1) is 20.9. The van der Waals surface area contributed by atoms with Crippen molar-refractivity contribution in [1.82, 2.24) is 9.88 Å². The molecule has 222 valence electrons. The first-order valence-corrected chi connectivity index (χ1v) is 16.6. The van der Waals surface area contributed by atoms with E-state index in [1.807, 2.05) is 29.2 Å². The number of H-pyrrole nitrogens is 1. The summed E-state index contributed by atoms with van der Waals surface area (Å²) in [6.07, 6.45) is 3.97. The smallest absolute Gasteiger partial charge is 0.305 e. The minimum Gasteiger partial charge on any atom is -0.484 e. The van der Waals surface area contributed by atoms with Gasteiger partial charge in [0.15, 0.2) is 6.61 Å². The van der Waals surface area contributed by atoms with Crippen molar-refractivity contribution in [1.29, 1.82) is 0 Å². The molecular formula is C32H30FN3O5S2. The molecule has 43 heavy (non-hydrogen) atoms. The highest BCUT2D eigenvalue weighted by Gasteiger charge is 2.69. The van der Waals surface area contributed by atoms with Crippen molar-refractivity contribution in [2.24, 2.45) is 29.6 Å². The summed E-state index contributed by atoms with van der Waals surface area (Å²) >= 11 is 2.84. The Balaban J connectivity index is 1.11. The maximum Gasteiger partial charge on any atom is 0.305 e. The third-order valence-electron chi connectivity index (χ3n) is 10.1. The van der Waals surface area contributed by atoms with Gasteiger partial charge in [0.05, 0.1) is 22.5 Å². The number of piperidine rings is 1. The zero-order chi connectivity index (χ0) is 29.4. The summed E-state index contributed by atoms with van der Waals surface area (Å²) in [7, 11) is 0. The van der Waals surface area contributed by atoms with Gasteiger partial charge in [-0.3, -0.25) is 24.1 Å². The molecule has 11 heteroatoms. The third kappa shape index (κ3) is 4.29. The van der Waals surface area contributed by atoms with Crippen LogP contribution in [-0.2, 0) is 14.4 Å². The number of benzene rings is 2. The van der Waals surface area contributed by atoms with Crippen LogP contribution in [0.2, 0.25) is 0 Å². The molecule has 7 atom stereocenters. The fourth-order valence-electron chi connectivity index (χ4n) is 8.41. The fourth-order valence-corrected chi connectivity index (χ4v) is 11.3. The molecule has 4 heterocycles. The van der Waals surface area contributed by atoms with Crippen molar-refractivity contribution in [3.05, 3.63) is 74.5 Å². The van der Waals surface area contributed by atoms with E-state index in [2.05, 4.69) is 4.98 Å². The van der Waals surface area contributed by atoms with Gasteiger partial charge in [0.2, 0.25) is 11.8 Å². The second-order valence-electron chi connectivity index (χ2n) is 12.3. The predicted octanol–water partition coefficient (Wildman–Crippen LogP) is 4.64. The standard InChI is InChI=1S/C32H30FN3O5S2/c33-17-7-9-18(10-8-17)36-30(38)25-20-14-21(26(25)31(36)39)27-24(20)23(28-29(42-27)34-32(40)43-28)16-5-4-6-19(13-16)41-15-22(37)35-11-2-1-3-12-35/h4-10,13,20-21,23-27H,1-3,11-12,14-15H2,(H,34,40)/t20?,21?,23-,24?,25?,26?,27?/m1/s1. The van der Waals surface area contributed by atoms with Crippen molar-refractivity contribution in [3.8, 4) is 5.75 Å². The molecule has 2 aliphatic carbocycles. The maximum atomic E-state index is 13.9. The van der Waals surface area contributed by atoms with Gasteiger partial charge in [-0.1, -0.05) is 23.5 Å². The fraction of sp³-hybridized carbons (Fsp3) is 0.438. The van der Waals surface area contributed by atoms with Gasteiger partial charge in [-0.25, -0.2) is 4.39 Å². The average Bonchev–Trinajstić information content (AvgIpc) is 3.76. The first kappa shape index (κ1) is 27.1. The lowest BCUT2D eigenvalue weighted by Gasteiger charge is -2.43. The van der Waals surface area contributed by atoms with E-state index in [-0.39, 0.29) is 58.1 Å². The van der Waals surface area contributed by atoms with Crippen molar-refractivity contribution < 1.29 is 23.5 Å². The van der Waals surface area contributed by atoms with Crippen LogP contribution in [-0.4, -0.2) is 52.6 Å². The summed E-state index contributed by atoms with van der Waals surface area (Å²) in [5.41, 5.74) is 1.38. The van der Waals surface area contributed by atoms with Crippen LogP contribution in [0.25, 0.3) is 0 Å². The molecule has 6 unspecified atom stereocenters. The molecule has 5 aliphatic rings. The molecule has 3 aromatic rings. The number of carbonyl (C=O) groups excluding carboxylic acids is 3. The minimum absolute atomic E-state index is 0.00690. The monoisotopic (exact) mass is 619 g/mol. The van der Waals surface area contributed by atoms with Gasteiger partial charge in [-0.15, -0.1) is 11.8 Å². The molecule has 0 spiro atoms. The quantitative estimate of drug-likeness (QED) is 0.418. The lowest BCUT2D eigenvalue weighted by Crippen LogP contribution is -2.42. The first-order valence-electron chi connectivity index (χ1n) is 14.9.